The van der Waals surface area contributed by atoms with Crippen molar-refractivity contribution >= 4 is 0 Å². The van der Waals surface area contributed by atoms with E-state index in [-0.39, 0.29) is 6.42 Å². The van der Waals surface area contributed by atoms with Crippen LogP contribution >= 0.6 is 0 Å². The average molecular weight is 196 g/mol. The van der Waals surface area contributed by atoms with Gasteiger partial charge in [0.05, 0.1) is 0 Å². The Morgan fingerprint density at radius 3 is 2.79 bits per heavy atom. The van der Waals surface area contributed by atoms with Crippen molar-refractivity contribution in [1.82, 2.24) is 10.1 Å². The normalized spacial score (nSPS) is 10.4. The summed E-state index contributed by atoms with van der Waals surface area (Å²) >= 11 is 0. The van der Waals surface area contributed by atoms with Crippen LogP contribution in [0.3, 0.4) is 0 Å². The number of benzene rings is 1. The summed E-state index contributed by atoms with van der Waals surface area (Å²) in [6.45, 7) is 0. The predicted octanol–water partition coefficient (Wildman–Crippen LogP) is 1.94. The molecule has 0 saturated carbocycles. The van der Waals surface area contributed by atoms with Crippen LogP contribution in [0.5, 0.6) is 0 Å². The molecule has 0 aliphatic heterocycles. The van der Waals surface area contributed by atoms with Gasteiger partial charge in [0.2, 0.25) is 6.39 Å². The molecular formula is C9H6F2N2O. The van der Waals surface area contributed by atoms with E-state index in [1.807, 2.05) is 0 Å². The highest BCUT2D eigenvalue weighted by molar-refractivity contribution is 5.21. The number of hydrogen-bond acceptors (Lipinski definition) is 3. The first-order chi connectivity index (χ1) is 6.75. The van der Waals surface area contributed by atoms with E-state index in [1.165, 1.54) is 12.1 Å². The summed E-state index contributed by atoms with van der Waals surface area (Å²) in [7, 11) is 0. The zero-order valence-electron chi connectivity index (χ0n) is 7.08. The van der Waals surface area contributed by atoms with Crippen molar-refractivity contribution in [3.05, 3.63) is 47.6 Å². The fourth-order valence-electron chi connectivity index (χ4n) is 1.11. The fraction of sp³-hybridized carbons (Fsp3) is 0.111. The zero-order valence-corrected chi connectivity index (χ0v) is 7.08. The molecule has 0 atom stereocenters. The molecule has 0 aliphatic carbocycles. The summed E-state index contributed by atoms with van der Waals surface area (Å²) in [5.41, 5.74) is 0.341. The van der Waals surface area contributed by atoms with Crippen LogP contribution in [0.2, 0.25) is 0 Å². The largest absolute Gasteiger partial charge is 0.343 e. The molecule has 0 N–H and O–H groups in total. The van der Waals surface area contributed by atoms with Gasteiger partial charge in [-0.05, 0) is 11.6 Å². The van der Waals surface area contributed by atoms with Crippen LogP contribution in [0, 0.1) is 11.6 Å². The maximum Gasteiger partial charge on any atom is 0.213 e. The van der Waals surface area contributed by atoms with Crippen molar-refractivity contribution < 1.29 is 13.3 Å². The van der Waals surface area contributed by atoms with Gasteiger partial charge >= 0.3 is 0 Å². The molecule has 2 aromatic rings. The van der Waals surface area contributed by atoms with E-state index in [2.05, 4.69) is 14.7 Å². The highest BCUT2D eigenvalue weighted by Gasteiger charge is 2.07. The molecule has 72 valence electrons. The van der Waals surface area contributed by atoms with Crippen LogP contribution < -0.4 is 0 Å². The summed E-state index contributed by atoms with van der Waals surface area (Å²) < 4.78 is 30.1. The summed E-state index contributed by atoms with van der Waals surface area (Å²) in [6.07, 6.45) is 1.36. The van der Waals surface area contributed by atoms with Crippen LogP contribution in [-0.2, 0) is 6.42 Å². The Morgan fingerprint density at radius 1 is 1.29 bits per heavy atom. The summed E-state index contributed by atoms with van der Waals surface area (Å²) in [5, 5.41) is 3.53. The molecule has 3 nitrogen and oxygen atoms in total. The van der Waals surface area contributed by atoms with Gasteiger partial charge in [0.25, 0.3) is 0 Å². The van der Waals surface area contributed by atoms with Crippen LogP contribution in [0.1, 0.15) is 11.4 Å². The third-order valence-electron chi connectivity index (χ3n) is 1.77. The first-order valence-electron chi connectivity index (χ1n) is 3.95. The van der Waals surface area contributed by atoms with Gasteiger partial charge in [-0.3, -0.25) is 0 Å². The summed E-state index contributed by atoms with van der Waals surface area (Å²) in [5.74, 6) is -0.829. The molecule has 2 rings (SSSR count). The lowest BCUT2D eigenvalue weighted by Crippen LogP contribution is -1.95. The van der Waals surface area contributed by atoms with Crippen LogP contribution in [0.25, 0.3) is 0 Å². The van der Waals surface area contributed by atoms with E-state index < -0.39 is 11.6 Å². The molecule has 14 heavy (non-hydrogen) atoms. The SMILES string of the molecule is Fc1ccc(Cc2ncon2)c(F)c1. The van der Waals surface area contributed by atoms with Crippen molar-refractivity contribution in [3.8, 4) is 0 Å². The first kappa shape index (κ1) is 8.80. The molecule has 0 radical (unpaired) electrons. The highest BCUT2D eigenvalue weighted by Crippen LogP contribution is 2.12. The van der Waals surface area contributed by atoms with E-state index in [0.29, 0.717) is 11.4 Å². The number of aromatic nitrogens is 2. The van der Waals surface area contributed by atoms with E-state index in [4.69, 9.17) is 0 Å². The maximum atomic E-state index is 13.1. The molecule has 0 saturated heterocycles. The van der Waals surface area contributed by atoms with Gasteiger partial charge in [-0.2, -0.15) is 4.98 Å². The molecule has 1 aromatic carbocycles. The Labute approximate surface area is 78.4 Å². The van der Waals surface area contributed by atoms with Crippen LogP contribution in [0.15, 0.2) is 29.1 Å². The topological polar surface area (TPSA) is 38.9 Å². The van der Waals surface area contributed by atoms with Gasteiger partial charge in [0, 0.05) is 12.5 Å². The van der Waals surface area contributed by atoms with E-state index in [1.54, 1.807) is 0 Å². The second kappa shape index (κ2) is 3.53. The Kier molecular flexibility index (Phi) is 2.22. The van der Waals surface area contributed by atoms with E-state index in [0.717, 1.165) is 12.5 Å². The van der Waals surface area contributed by atoms with Gasteiger partial charge in [-0.1, -0.05) is 11.2 Å². The van der Waals surface area contributed by atoms with Gasteiger partial charge < -0.3 is 4.52 Å². The molecule has 5 heteroatoms. The Balaban J connectivity index is 2.25. The molecule has 0 amide bonds. The molecule has 0 bridgehead atoms. The van der Waals surface area contributed by atoms with Gasteiger partial charge in [-0.25, -0.2) is 8.78 Å². The van der Waals surface area contributed by atoms with Crippen molar-refractivity contribution in [3.63, 3.8) is 0 Å². The summed E-state index contributed by atoms with van der Waals surface area (Å²) in [6, 6.07) is 3.38. The van der Waals surface area contributed by atoms with Crippen LogP contribution in [0.4, 0.5) is 8.78 Å². The minimum Gasteiger partial charge on any atom is -0.343 e. The monoisotopic (exact) mass is 196 g/mol. The summed E-state index contributed by atoms with van der Waals surface area (Å²) in [4.78, 5) is 3.74. The fourth-order valence-corrected chi connectivity index (χ4v) is 1.11. The number of halogens is 2. The molecule has 1 aromatic heterocycles. The molecule has 0 unspecified atom stereocenters. The molecule has 0 spiro atoms. The van der Waals surface area contributed by atoms with Gasteiger partial charge in [0.15, 0.2) is 5.82 Å². The second-order valence-corrected chi connectivity index (χ2v) is 2.76. The minimum absolute atomic E-state index is 0.197. The highest BCUT2D eigenvalue weighted by atomic mass is 19.1. The Morgan fingerprint density at radius 2 is 2.14 bits per heavy atom. The third-order valence-corrected chi connectivity index (χ3v) is 1.77. The Bertz CT molecular complexity index is 428. The van der Waals surface area contributed by atoms with E-state index >= 15 is 0 Å². The first-order valence-corrected chi connectivity index (χ1v) is 3.95. The van der Waals surface area contributed by atoms with Crippen molar-refractivity contribution in [1.29, 1.82) is 0 Å². The lowest BCUT2D eigenvalue weighted by atomic mass is 10.1. The number of hydrogen-bond donors (Lipinski definition) is 0. The molecule has 1 heterocycles. The lowest BCUT2D eigenvalue weighted by Gasteiger charge is -1.98. The van der Waals surface area contributed by atoms with E-state index in [9.17, 15) is 8.78 Å². The smallest absolute Gasteiger partial charge is 0.213 e. The van der Waals surface area contributed by atoms with Gasteiger partial charge in [-0.15, -0.1) is 0 Å². The Hall–Kier alpha value is -1.78. The van der Waals surface area contributed by atoms with Gasteiger partial charge in [0.1, 0.15) is 11.6 Å². The molecule has 0 aliphatic rings. The van der Waals surface area contributed by atoms with Crippen molar-refractivity contribution in [2.75, 3.05) is 0 Å². The second-order valence-electron chi connectivity index (χ2n) is 2.76. The standard InChI is InChI=1S/C9H6F2N2O/c10-7-2-1-6(8(11)4-7)3-9-12-5-14-13-9/h1-2,4-5H,3H2. The van der Waals surface area contributed by atoms with Crippen molar-refractivity contribution in [2.45, 2.75) is 6.42 Å². The maximum absolute atomic E-state index is 13.1. The minimum atomic E-state index is -0.602. The quantitative estimate of drug-likeness (QED) is 0.736. The molecular weight excluding hydrogens is 190 g/mol. The number of rotatable bonds is 2. The third kappa shape index (κ3) is 1.76. The average Bonchev–Trinajstić information content (AvgIpc) is 2.62. The predicted molar refractivity (Wildman–Crippen MR) is 43.5 cm³/mol. The molecule has 0 fully saturated rings. The van der Waals surface area contributed by atoms with Crippen molar-refractivity contribution in [2.24, 2.45) is 0 Å². The zero-order chi connectivity index (χ0) is 9.97. The lowest BCUT2D eigenvalue weighted by molar-refractivity contribution is 0.411. The number of nitrogens with zero attached hydrogens (tertiary/aromatic N) is 2. The van der Waals surface area contributed by atoms with Crippen LogP contribution in [-0.4, -0.2) is 10.1 Å².